The molecule has 0 amide bonds. The summed E-state index contributed by atoms with van der Waals surface area (Å²) in [6, 6.07) is 3.21. The summed E-state index contributed by atoms with van der Waals surface area (Å²) in [5.74, 6) is 0.193. The lowest BCUT2D eigenvalue weighted by atomic mass is 9.88. The molecule has 0 radical (unpaired) electrons. The van der Waals surface area contributed by atoms with Gasteiger partial charge in [0.15, 0.2) is 11.5 Å². The molecule has 1 N–H and O–H groups in total. The molecular weight excluding hydrogens is 252 g/mol. The summed E-state index contributed by atoms with van der Waals surface area (Å²) in [5.41, 5.74) is 2.98. The SMILES string of the molecule is CC12CCCC1=Cc1cc3c(cc1N2)OC(F)(F)O3. The van der Waals surface area contributed by atoms with Gasteiger partial charge in [0.25, 0.3) is 0 Å². The summed E-state index contributed by atoms with van der Waals surface area (Å²) in [5, 5.41) is 3.44. The second-order valence-corrected chi connectivity index (χ2v) is 5.53. The first kappa shape index (κ1) is 11.1. The van der Waals surface area contributed by atoms with E-state index in [1.807, 2.05) is 0 Å². The zero-order chi connectivity index (χ0) is 13.3. The minimum Gasteiger partial charge on any atom is -0.395 e. The van der Waals surface area contributed by atoms with Crippen molar-refractivity contribution in [2.24, 2.45) is 0 Å². The number of benzene rings is 1. The minimum atomic E-state index is -3.56. The highest BCUT2D eigenvalue weighted by Gasteiger charge is 2.45. The van der Waals surface area contributed by atoms with Gasteiger partial charge in [-0.15, -0.1) is 8.78 Å². The number of nitrogens with one attached hydrogen (secondary N) is 1. The van der Waals surface area contributed by atoms with Crippen LogP contribution in [0.2, 0.25) is 0 Å². The first-order valence-corrected chi connectivity index (χ1v) is 6.38. The van der Waals surface area contributed by atoms with Crippen LogP contribution in [0.4, 0.5) is 14.5 Å². The van der Waals surface area contributed by atoms with Crippen molar-refractivity contribution in [3.05, 3.63) is 23.3 Å². The Bertz CT molecular complexity index is 612. The van der Waals surface area contributed by atoms with Gasteiger partial charge in [-0.1, -0.05) is 6.08 Å². The number of ether oxygens (including phenoxy) is 2. The topological polar surface area (TPSA) is 30.5 Å². The van der Waals surface area contributed by atoms with Crippen LogP contribution < -0.4 is 14.8 Å². The van der Waals surface area contributed by atoms with Crippen molar-refractivity contribution in [1.82, 2.24) is 0 Å². The zero-order valence-electron chi connectivity index (χ0n) is 10.4. The van der Waals surface area contributed by atoms with Gasteiger partial charge in [-0.3, -0.25) is 0 Å². The van der Waals surface area contributed by atoms with Gasteiger partial charge in [-0.25, -0.2) is 0 Å². The van der Waals surface area contributed by atoms with E-state index in [4.69, 9.17) is 0 Å². The second kappa shape index (κ2) is 3.21. The van der Waals surface area contributed by atoms with Gasteiger partial charge in [0.1, 0.15) is 0 Å². The van der Waals surface area contributed by atoms with Crippen molar-refractivity contribution in [2.45, 2.75) is 38.0 Å². The van der Waals surface area contributed by atoms with E-state index in [1.165, 1.54) is 5.57 Å². The van der Waals surface area contributed by atoms with E-state index < -0.39 is 6.29 Å². The summed E-state index contributed by atoms with van der Waals surface area (Å²) in [7, 11) is 0. The Morgan fingerprint density at radius 3 is 2.74 bits per heavy atom. The molecule has 1 aliphatic carbocycles. The van der Waals surface area contributed by atoms with Crippen LogP contribution in [0.3, 0.4) is 0 Å². The monoisotopic (exact) mass is 265 g/mol. The first-order chi connectivity index (χ1) is 8.95. The maximum absolute atomic E-state index is 13.0. The standard InChI is InChI=1S/C14H13F2NO2/c1-13-4-2-3-9(13)5-8-6-11-12(7-10(8)17-13)19-14(15,16)18-11/h5-7,17H,2-4H2,1H3. The van der Waals surface area contributed by atoms with Crippen LogP contribution in [0, 0.1) is 0 Å². The van der Waals surface area contributed by atoms with Gasteiger partial charge < -0.3 is 14.8 Å². The molecule has 100 valence electrons. The number of alkyl halides is 2. The van der Waals surface area contributed by atoms with Gasteiger partial charge in [-0.2, -0.15) is 0 Å². The molecule has 2 aliphatic heterocycles. The predicted molar refractivity (Wildman–Crippen MR) is 66.5 cm³/mol. The van der Waals surface area contributed by atoms with Gasteiger partial charge >= 0.3 is 6.29 Å². The highest BCUT2D eigenvalue weighted by atomic mass is 19.3. The maximum Gasteiger partial charge on any atom is 0.586 e. The summed E-state index contributed by atoms with van der Waals surface area (Å²) in [6.45, 7) is 2.15. The molecule has 1 aromatic rings. The number of hydrogen-bond donors (Lipinski definition) is 1. The molecule has 19 heavy (non-hydrogen) atoms. The van der Waals surface area contributed by atoms with Crippen LogP contribution in [0.5, 0.6) is 11.5 Å². The Kier molecular flexibility index (Phi) is 1.87. The summed E-state index contributed by atoms with van der Waals surface area (Å²) >= 11 is 0. The van der Waals surface area contributed by atoms with Gasteiger partial charge in [0.05, 0.1) is 5.54 Å². The van der Waals surface area contributed by atoms with Crippen molar-refractivity contribution >= 4 is 11.8 Å². The fraction of sp³-hybridized carbons (Fsp3) is 0.429. The number of fused-ring (bicyclic) bond motifs is 3. The number of halogens is 2. The van der Waals surface area contributed by atoms with Gasteiger partial charge in [0, 0.05) is 17.3 Å². The van der Waals surface area contributed by atoms with Crippen LogP contribution in [0.1, 0.15) is 31.7 Å². The van der Waals surface area contributed by atoms with Crippen molar-refractivity contribution < 1.29 is 18.3 Å². The van der Waals surface area contributed by atoms with E-state index in [1.54, 1.807) is 12.1 Å². The lowest BCUT2D eigenvalue weighted by Crippen LogP contribution is -2.35. The third-order valence-corrected chi connectivity index (χ3v) is 4.15. The van der Waals surface area contributed by atoms with E-state index in [-0.39, 0.29) is 17.0 Å². The fourth-order valence-corrected chi connectivity index (χ4v) is 3.17. The maximum atomic E-state index is 13.0. The highest BCUT2D eigenvalue weighted by Crippen LogP contribution is 2.49. The summed E-state index contributed by atoms with van der Waals surface area (Å²) in [4.78, 5) is 0. The molecule has 2 heterocycles. The fourth-order valence-electron chi connectivity index (χ4n) is 3.17. The highest BCUT2D eigenvalue weighted by molar-refractivity contribution is 5.78. The number of rotatable bonds is 0. The van der Waals surface area contributed by atoms with Crippen molar-refractivity contribution in [1.29, 1.82) is 0 Å². The van der Waals surface area contributed by atoms with Crippen LogP contribution >= 0.6 is 0 Å². The number of hydrogen-bond acceptors (Lipinski definition) is 3. The Balaban J connectivity index is 1.82. The molecule has 1 saturated carbocycles. The predicted octanol–water partition coefficient (Wildman–Crippen LogP) is 3.76. The minimum absolute atomic E-state index is 0.0524. The zero-order valence-corrected chi connectivity index (χ0v) is 10.4. The average molecular weight is 265 g/mol. The molecule has 1 fully saturated rings. The third kappa shape index (κ3) is 1.54. The molecule has 1 aromatic carbocycles. The molecule has 0 bridgehead atoms. The molecule has 4 rings (SSSR count). The van der Waals surface area contributed by atoms with Gasteiger partial charge in [0.2, 0.25) is 0 Å². The van der Waals surface area contributed by atoms with E-state index in [0.717, 1.165) is 30.5 Å². The van der Waals surface area contributed by atoms with E-state index in [2.05, 4.69) is 27.8 Å². The molecule has 1 atom stereocenters. The van der Waals surface area contributed by atoms with E-state index >= 15 is 0 Å². The molecule has 3 nitrogen and oxygen atoms in total. The average Bonchev–Trinajstić information content (AvgIpc) is 2.79. The van der Waals surface area contributed by atoms with Gasteiger partial charge in [-0.05, 0) is 37.8 Å². The molecule has 0 aromatic heterocycles. The summed E-state index contributed by atoms with van der Waals surface area (Å²) < 4.78 is 35.1. The normalized spacial score (nSPS) is 29.3. The van der Waals surface area contributed by atoms with E-state index in [0.29, 0.717) is 0 Å². The Morgan fingerprint density at radius 1 is 1.21 bits per heavy atom. The Labute approximate surface area is 109 Å². The van der Waals surface area contributed by atoms with Crippen LogP contribution in [-0.2, 0) is 0 Å². The molecular formula is C14H13F2NO2. The molecule has 0 saturated heterocycles. The smallest absolute Gasteiger partial charge is 0.395 e. The van der Waals surface area contributed by atoms with Crippen LogP contribution in [0.15, 0.2) is 17.7 Å². The molecule has 3 aliphatic rings. The number of anilines is 1. The molecule has 1 unspecified atom stereocenters. The summed E-state index contributed by atoms with van der Waals surface area (Å²) in [6.07, 6.45) is 1.78. The lowest BCUT2D eigenvalue weighted by molar-refractivity contribution is -0.286. The molecule has 5 heteroatoms. The molecule has 0 spiro atoms. The van der Waals surface area contributed by atoms with Crippen LogP contribution in [0.25, 0.3) is 6.08 Å². The lowest BCUT2D eigenvalue weighted by Gasteiger charge is -2.33. The van der Waals surface area contributed by atoms with Crippen LogP contribution in [-0.4, -0.2) is 11.8 Å². The third-order valence-electron chi connectivity index (χ3n) is 4.15. The first-order valence-electron chi connectivity index (χ1n) is 6.38. The van der Waals surface area contributed by atoms with E-state index in [9.17, 15) is 8.78 Å². The largest absolute Gasteiger partial charge is 0.586 e. The van der Waals surface area contributed by atoms with Crippen molar-refractivity contribution in [3.8, 4) is 11.5 Å². The van der Waals surface area contributed by atoms with Crippen molar-refractivity contribution in [2.75, 3.05) is 5.32 Å². The Hall–Kier alpha value is -1.78. The second-order valence-electron chi connectivity index (χ2n) is 5.53. The Morgan fingerprint density at radius 2 is 1.95 bits per heavy atom. The quantitative estimate of drug-likeness (QED) is 0.774. The van der Waals surface area contributed by atoms with Crippen molar-refractivity contribution in [3.63, 3.8) is 0 Å².